The maximum Gasteiger partial charge on any atom is 0.242 e. The molecule has 0 aliphatic rings. The van der Waals surface area contributed by atoms with Crippen molar-refractivity contribution in [1.82, 2.24) is 4.31 Å². The molecule has 2 N–H and O–H groups in total. The number of nitrogens with two attached hydrogens (primary N) is 1. The van der Waals surface area contributed by atoms with Gasteiger partial charge in [-0.1, -0.05) is 0 Å². The van der Waals surface area contributed by atoms with Crippen molar-refractivity contribution in [2.24, 2.45) is 5.73 Å². The first-order valence-electron chi connectivity index (χ1n) is 6.29. The van der Waals surface area contributed by atoms with Gasteiger partial charge in [-0.25, -0.2) is 17.1 Å². The Morgan fingerprint density at radius 2 is 2.05 bits per heavy atom. The quantitative estimate of drug-likeness (QED) is 0.770. The molecule has 114 valence electrons. The molecule has 7 heteroatoms. The fourth-order valence-electron chi connectivity index (χ4n) is 1.84. The number of hydrogen-bond donors (Lipinski definition) is 1. The van der Waals surface area contributed by atoms with Crippen LogP contribution in [-0.2, 0) is 21.3 Å². The molecular weight excluding hydrogens is 283 g/mol. The molecule has 0 atom stereocenters. The lowest BCUT2D eigenvalue weighted by Crippen LogP contribution is -2.29. The number of benzene rings is 1. The Hall–Kier alpha value is -1.02. The summed E-state index contributed by atoms with van der Waals surface area (Å²) >= 11 is 0. The zero-order chi connectivity index (χ0) is 15.3. The number of halogens is 1. The number of sulfonamides is 1. The van der Waals surface area contributed by atoms with Gasteiger partial charge in [-0.15, -0.1) is 0 Å². The molecule has 0 fully saturated rings. The van der Waals surface area contributed by atoms with E-state index in [1.165, 1.54) is 30.4 Å². The van der Waals surface area contributed by atoms with Crippen LogP contribution in [0.25, 0.3) is 0 Å². The Labute approximate surface area is 119 Å². The molecule has 1 aromatic carbocycles. The summed E-state index contributed by atoms with van der Waals surface area (Å²) in [4.78, 5) is 0.0665. The largest absolute Gasteiger partial charge is 0.385 e. The normalized spacial score (nSPS) is 12.1. The minimum atomic E-state index is -3.64. The van der Waals surface area contributed by atoms with Crippen molar-refractivity contribution in [2.45, 2.75) is 24.8 Å². The second-order valence-electron chi connectivity index (χ2n) is 4.59. The van der Waals surface area contributed by atoms with Gasteiger partial charge in [0.05, 0.1) is 4.90 Å². The van der Waals surface area contributed by atoms with Gasteiger partial charge in [-0.2, -0.15) is 0 Å². The highest BCUT2D eigenvalue weighted by molar-refractivity contribution is 7.89. The van der Waals surface area contributed by atoms with E-state index < -0.39 is 15.8 Å². The summed E-state index contributed by atoms with van der Waals surface area (Å²) in [7, 11) is -0.583. The average molecular weight is 304 g/mol. The molecule has 0 heterocycles. The van der Waals surface area contributed by atoms with Crippen LogP contribution in [0.4, 0.5) is 4.39 Å². The summed E-state index contributed by atoms with van der Waals surface area (Å²) in [6.45, 7) is 2.31. The monoisotopic (exact) mass is 304 g/mol. The lowest BCUT2D eigenvalue weighted by atomic mass is 10.1. The Morgan fingerprint density at radius 1 is 1.40 bits per heavy atom. The number of nitrogens with zero attached hydrogens (tertiary/aromatic N) is 1. The molecule has 1 aromatic rings. The van der Waals surface area contributed by atoms with Gasteiger partial charge in [0, 0.05) is 39.4 Å². The van der Waals surface area contributed by atoms with Crippen LogP contribution < -0.4 is 5.73 Å². The molecule has 0 aromatic heterocycles. The van der Waals surface area contributed by atoms with Gasteiger partial charge in [0.1, 0.15) is 5.82 Å². The van der Waals surface area contributed by atoms with Crippen molar-refractivity contribution in [1.29, 1.82) is 0 Å². The van der Waals surface area contributed by atoms with E-state index in [1.807, 2.05) is 0 Å². The van der Waals surface area contributed by atoms with Crippen molar-refractivity contribution in [3.8, 4) is 0 Å². The van der Waals surface area contributed by atoms with Gasteiger partial charge >= 0.3 is 0 Å². The van der Waals surface area contributed by atoms with Crippen LogP contribution in [0.5, 0.6) is 0 Å². The van der Waals surface area contributed by atoms with Crippen LogP contribution >= 0.6 is 0 Å². The minimum Gasteiger partial charge on any atom is -0.385 e. The summed E-state index contributed by atoms with van der Waals surface area (Å²) < 4.78 is 44.6. The molecule has 5 nitrogen and oxygen atoms in total. The molecule has 1 rings (SSSR count). The second-order valence-corrected chi connectivity index (χ2v) is 6.64. The summed E-state index contributed by atoms with van der Waals surface area (Å²) in [6.07, 6.45) is 0.593. The van der Waals surface area contributed by atoms with Crippen LogP contribution in [0.1, 0.15) is 17.5 Å². The lowest BCUT2D eigenvalue weighted by Gasteiger charge is -2.18. The van der Waals surface area contributed by atoms with Crippen molar-refractivity contribution in [3.63, 3.8) is 0 Å². The first-order valence-corrected chi connectivity index (χ1v) is 7.73. The molecule has 0 saturated heterocycles. The van der Waals surface area contributed by atoms with Gasteiger partial charge in [0.15, 0.2) is 0 Å². The summed E-state index contributed by atoms with van der Waals surface area (Å²) in [5, 5.41) is 0. The van der Waals surface area contributed by atoms with E-state index in [0.29, 0.717) is 19.6 Å². The maximum atomic E-state index is 13.7. The van der Waals surface area contributed by atoms with Gasteiger partial charge in [0.25, 0.3) is 0 Å². The molecular formula is C13H21FN2O3S. The molecule has 0 aliphatic carbocycles. The number of hydrogen-bond acceptors (Lipinski definition) is 4. The zero-order valence-corrected chi connectivity index (χ0v) is 12.8. The topological polar surface area (TPSA) is 72.6 Å². The smallest absolute Gasteiger partial charge is 0.242 e. The highest BCUT2D eigenvalue weighted by Gasteiger charge is 2.22. The standard InChI is InChI=1S/C13H21FN2O3S/c1-10-7-12(8-11(9-15)13(10)14)20(17,18)16(2)5-4-6-19-3/h7-8H,4-6,9,15H2,1-3H3. The third kappa shape index (κ3) is 3.76. The Morgan fingerprint density at radius 3 is 2.60 bits per heavy atom. The van der Waals surface area contributed by atoms with Crippen LogP contribution in [0.15, 0.2) is 17.0 Å². The molecule has 0 unspecified atom stereocenters. The van der Waals surface area contributed by atoms with Crippen LogP contribution in [0.3, 0.4) is 0 Å². The third-order valence-electron chi connectivity index (χ3n) is 3.05. The first kappa shape index (κ1) is 17.0. The minimum absolute atomic E-state index is 0.0383. The Kier molecular flexibility index (Phi) is 6.07. The highest BCUT2D eigenvalue weighted by Crippen LogP contribution is 2.21. The number of ether oxygens (including phenoxy) is 1. The van der Waals surface area contributed by atoms with E-state index >= 15 is 0 Å². The molecule has 20 heavy (non-hydrogen) atoms. The van der Waals surface area contributed by atoms with E-state index in [4.69, 9.17) is 10.5 Å². The van der Waals surface area contributed by atoms with Gasteiger partial charge < -0.3 is 10.5 Å². The molecule has 0 saturated carbocycles. The van der Waals surface area contributed by atoms with E-state index in [2.05, 4.69) is 0 Å². The number of aryl methyl sites for hydroxylation is 1. The predicted octanol–water partition coefficient (Wildman–Crippen LogP) is 1.25. The van der Waals surface area contributed by atoms with Crippen molar-refractivity contribution < 1.29 is 17.5 Å². The number of rotatable bonds is 7. The molecule has 0 radical (unpaired) electrons. The third-order valence-corrected chi connectivity index (χ3v) is 4.89. The highest BCUT2D eigenvalue weighted by atomic mass is 32.2. The van der Waals surface area contributed by atoms with E-state index in [9.17, 15) is 12.8 Å². The SMILES string of the molecule is COCCCN(C)S(=O)(=O)c1cc(C)c(F)c(CN)c1. The van der Waals surface area contributed by atoms with Gasteiger partial charge in [-0.3, -0.25) is 0 Å². The van der Waals surface area contributed by atoms with E-state index in [1.54, 1.807) is 7.11 Å². The summed E-state index contributed by atoms with van der Waals surface area (Å²) in [5.41, 5.74) is 5.92. The van der Waals surface area contributed by atoms with E-state index in [0.717, 1.165) is 0 Å². The van der Waals surface area contributed by atoms with Crippen molar-refractivity contribution in [2.75, 3.05) is 27.3 Å². The van der Waals surface area contributed by atoms with Gasteiger partial charge in [0.2, 0.25) is 10.0 Å². The summed E-state index contributed by atoms with van der Waals surface area (Å²) in [6, 6.07) is 2.63. The molecule has 0 aliphatic heterocycles. The van der Waals surface area contributed by atoms with Crippen molar-refractivity contribution >= 4 is 10.0 Å². The van der Waals surface area contributed by atoms with Crippen LogP contribution in [0, 0.1) is 12.7 Å². The summed E-state index contributed by atoms with van der Waals surface area (Å²) in [5.74, 6) is -0.450. The average Bonchev–Trinajstić information content (AvgIpc) is 2.41. The van der Waals surface area contributed by atoms with Crippen LogP contribution in [0.2, 0.25) is 0 Å². The molecule has 0 spiro atoms. The Balaban J connectivity index is 3.06. The fourth-order valence-corrected chi connectivity index (χ4v) is 3.18. The zero-order valence-electron chi connectivity index (χ0n) is 12.0. The van der Waals surface area contributed by atoms with Crippen molar-refractivity contribution in [3.05, 3.63) is 29.1 Å². The van der Waals surface area contributed by atoms with Gasteiger partial charge in [-0.05, 0) is 31.0 Å². The second kappa shape index (κ2) is 7.12. The predicted molar refractivity (Wildman–Crippen MR) is 75.3 cm³/mol. The maximum absolute atomic E-state index is 13.7. The number of methoxy groups -OCH3 is 1. The van der Waals surface area contributed by atoms with E-state index in [-0.39, 0.29) is 22.6 Å². The first-order chi connectivity index (χ1) is 9.34. The molecule has 0 amide bonds. The Bertz CT molecular complexity index is 561. The molecule has 0 bridgehead atoms. The van der Waals surface area contributed by atoms with Crippen LogP contribution in [-0.4, -0.2) is 40.0 Å². The lowest BCUT2D eigenvalue weighted by molar-refractivity contribution is 0.189. The fraction of sp³-hybridized carbons (Fsp3) is 0.538.